The fraction of sp³-hybridized carbons (Fsp3) is 0.625. The number of Topliss-reactive ketones (excluding diaryl/α,β-unsaturated/α-hetero) is 1. The molecule has 10 heavy (non-hydrogen) atoms. The Morgan fingerprint density at radius 1 is 1.40 bits per heavy atom. The third kappa shape index (κ3) is 1.38. The predicted octanol–water partition coefficient (Wildman–Crippen LogP) is 1.36. The Morgan fingerprint density at radius 2 is 2.00 bits per heavy atom. The van der Waals surface area contributed by atoms with E-state index in [0.717, 1.165) is 24.8 Å². The number of carbonyl (C=O) groups excluding carboxylic acids is 1. The standard InChI is InChI=1S/C8H13NO/c1-6(9)7-4-2-3-5-8(7)10/h2-5,9H2,1H3/b7-6+. The molecule has 1 saturated carbocycles. The monoisotopic (exact) mass is 139 g/mol. The van der Waals surface area contributed by atoms with Crippen molar-refractivity contribution >= 4 is 5.78 Å². The van der Waals surface area contributed by atoms with Crippen LogP contribution in [-0.4, -0.2) is 5.78 Å². The van der Waals surface area contributed by atoms with E-state index in [1.807, 2.05) is 0 Å². The lowest BCUT2D eigenvalue weighted by atomic mass is 9.92. The van der Waals surface area contributed by atoms with E-state index in [1.54, 1.807) is 6.92 Å². The summed E-state index contributed by atoms with van der Waals surface area (Å²) in [5.74, 6) is 0.256. The van der Waals surface area contributed by atoms with Gasteiger partial charge in [0.05, 0.1) is 0 Å². The Labute approximate surface area is 61.1 Å². The van der Waals surface area contributed by atoms with Gasteiger partial charge in [0.2, 0.25) is 0 Å². The summed E-state index contributed by atoms with van der Waals surface area (Å²) in [7, 11) is 0. The zero-order chi connectivity index (χ0) is 7.56. The summed E-state index contributed by atoms with van der Waals surface area (Å²) in [5.41, 5.74) is 7.10. The number of carbonyl (C=O) groups is 1. The smallest absolute Gasteiger partial charge is 0.160 e. The maximum absolute atomic E-state index is 11.1. The lowest BCUT2D eigenvalue weighted by molar-refractivity contribution is -0.116. The van der Waals surface area contributed by atoms with Crippen LogP contribution in [0.15, 0.2) is 11.3 Å². The van der Waals surface area contributed by atoms with E-state index in [2.05, 4.69) is 0 Å². The van der Waals surface area contributed by atoms with Crippen molar-refractivity contribution in [1.82, 2.24) is 0 Å². The number of allylic oxidation sites excluding steroid dienone is 2. The molecule has 0 heterocycles. The molecule has 0 spiro atoms. The molecule has 1 fully saturated rings. The molecule has 0 radical (unpaired) electrons. The second kappa shape index (κ2) is 2.86. The van der Waals surface area contributed by atoms with E-state index in [4.69, 9.17) is 5.73 Å². The fourth-order valence-electron chi connectivity index (χ4n) is 1.29. The van der Waals surface area contributed by atoms with Gasteiger partial charge in [0.1, 0.15) is 0 Å². The summed E-state index contributed by atoms with van der Waals surface area (Å²) in [4.78, 5) is 11.1. The van der Waals surface area contributed by atoms with Crippen molar-refractivity contribution in [3.8, 4) is 0 Å². The van der Waals surface area contributed by atoms with E-state index in [-0.39, 0.29) is 5.78 Å². The first-order valence-corrected chi connectivity index (χ1v) is 3.70. The van der Waals surface area contributed by atoms with E-state index >= 15 is 0 Å². The van der Waals surface area contributed by atoms with Gasteiger partial charge in [0.15, 0.2) is 5.78 Å². The van der Waals surface area contributed by atoms with Crippen molar-refractivity contribution in [2.75, 3.05) is 0 Å². The minimum Gasteiger partial charge on any atom is -0.402 e. The normalized spacial score (nSPS) is 24.7. The van der Waals surface area contributed by atoms with Gasteiger partial charge in [-0.3, -0.25) is 4.79 Å². The van der Waals surface area contributed by atoms with E-state index in [9.17, 15) is 4.79 Å². The lowest BCUT2D eigenvalue weighted by Gasteiger charge is -2.13. The third-order valence-corrected chi connectivity index (χ3v) is 1.89. The van der Waals surface area contributed by atoms with Crippen LogP contribution < -0.4 is 5.73 Å². The Morgan fingerprint density at radius 3 is 2.40 bits per heavy atom. The van der Waals surface area contributed by atoms with Crippen molar-refractivity contribution in [2.45, 2.75) is 32.6 Å². The van der Waals surface area contributed by atoms with Crippen LogP contribution in [0.4, 0.5) is 0 Å². The van der Waals surface area contributed by atoms with Crippen LogP contribution in [-0.2, 0) is 4.79 Å². The molecule has 56 valence electrons. The molecule has 0 aromatic heterocycles. The molecule has 0 amide bonds. The van der Waals surface area contributed by atoms with Crippen LogP contribution >= 0.6 is 0 Å². The van der Waals surface area contributed by atoms with Crippen molar-refractivity contribution in [3.63, 3.8) is 0 Å². The Kier molecular flexibility index (Phi) is 2.10. The topological polar surface area (TPSA) is 43.1 Å². The number of rotatable bonds is 0. The van der Waals surface area contributed by atoms with Crippen LogP contribution in [0.25, 0.3) is 0 Å². The Bertz CT molecular complexity index is 178. The molecule has 1 rings (SSSR count). The Hall–Kier alpha value is -0.790. The number of hydrogen-bond acceptors (Lipinski definition) is 2. The van der Waals surface area contributed by atoms with Gasteiger partial charge in [-0.2, -0.15) is 0 Å². The van der Waals surface area contributed by atoms with Crippen molar-refractivity contribution < 1.29 is 4.79 Å². The van der Waals surface area contributed by atoms with Gasteiger partial charge in [0.25, 0.3) is 0 Å². The number of hydrogen-bond donors (Lipinski definition) is 1. The summed E-state index contributed by atoms with van der Waals surface area (Å²) < 4.78 is 0. The minimum atomic E-state index is 0.256. The number of ketones is 1. The quantitative estimate of drug-likeness (QED) is 0.515. The second-order valence-electron chi connectivity index (χ2n) is 2.79. The van der Waals surface area contributed by atoms with Gasteiger partial charge >= 0.3 is 0 Å². The van der Waals surface area contributed by atoms with E-state index < -0.39 is 0 Å². The first-order valence-electron chi connectivity index (χ1n) is 3.70. The molecule has 2 nitrogen and oxygen atoms in total. The highest BCUT2D eigenvalue weighted by molar-refractivity contribution is 5.96. The van der Waals surface area contributed by atoms with Crippen molar-refractivity contribution in [3.05, 3.63) is 11.3 Å². The summed E-state index contributed by atoms with van der Waals surface area (Å²) in [6.45, 7) is 1.80. The summed E-state index contributed by atoms with van der Waals surface area (Å²) in [6.07, 6.45) is 3.75. The zero-order valence-corrected chi connectivity index (χ0v) is 6.31. The second-order valence-corrected chi connectivity index (χ2v) is 2.79. The van der Waals surface area contributed by atoms with E-state index in [0.29, 0.717) is 12.1 Å². The first kappa shape index (κ1) is 7.32. The molecule has 0 bridgehead atoms. The SMILES string of the molecule is C/C(N)=C1/CCCCC1=O. The minimum absolute atomic E-state index is 0.256. The highest BCUT2D eigenvalue weighted by atomic mass is 16.1. The van der Waals surface area contributed by atoms with Gasteiger partial charge in [-0.15, -0.1) is 0 Å². The highest BCUT2D eigenvalue weighted by Gasteiger charge is 2.15. The lowest BCUT2D eigenvalue weighted by Crippen LogP contribution is -2.13. The molecule has 0 atom stereocenters. The molecule has 0 unspecified atom stereocenters. The molecule has 0 aliphatic heterocycles. The molecular formula is C8H13NO. The van der Waals surface area contributed by atoms with Crippen LogP contribution in [0.5, 0.6) is 0 Å². The van der Waals surface area contributed by atoms with Crippen molar-refractivity contribution in [1.29, 1.82) is 0 Å². The third-order valence-electron chi connectivity index (χ3n) is 1.89. The molecule has 0 aromatic rings. The van der Waals surface area contributed by atoms with Crippen LogP contribution in [0.3, 0.4) is 0 Å². The molecule has 1 aliphatic rings. The molecular weight excluding hydrogens is 126 g/mol. The number of nitrogens with two attached hydrogens (primary N) is 1. The molecule has 0 saturated heterocycles. The Balaban J connectivity index is 2.75. The average molecular weight is 139 g/mol. The van der Waals surface area contributed by atoms with Gasteiger partial charge in [-0.05, 0) is 26.2 Å². The van der Waals surface area contributed by atoms with Gasteiger partial charge in [0, 0.05) is 17.7 Å². The summed E-state index contributed by atoms with van der Waals surface area (Å²) in [5, 5.41) is 0. The molecule has 2 N–H and O–H groups in total. The average Bonchev–Trinajstić information content (AvgIpc) is 1.88. The summed E-state index contributed by atoms with van der Waals surface area (Å²) >= 11 is 0. The molecule has 0 aromatic carbocycles. The van der Waals surface area contributed by atoms with Crippen LogP contribution in [0.2, 0.25) is 0 Å². The zero-order valence-electron chi connectivity index (χ0n) is 6.31. The predicted molar refractivity (Wildman–Crippen MR) is 40.4 cm³/mol. The van der Waals surface area contributed by atoms with Crippen molar-refractivity contribution in [2.24, 2.45) is 5.73 Å². The molecule has 2 heteroatoms. The maximum atomic E-state index is 11.1. The largest absolute Gasteiger partial charge is 0.402 e. The maximum Gasteiger partial charge on any atom is 0.160 e. The van der Waals surface area contributed by atoms with Crippen LogP contribution in [0.1, 0.15) is 32.6 Å². The van der Waals surface area contributed by atoms with Gasteiger partial charge in [-0.25, -0.2) is 0 Å². The van der Waals surface area contributed by atoms with Crippen LogP contribution in [0, 0.1) is 0 Å². The summed E-state index contributed by atoms with van der Waals surface area (Å²) in [6, 6.07) is 0. The first-order chi connectivity index (χ1) is 4.72. The fourth-order valence-corrected chi connectivity index (χ4v) is 1.29. The van der Waals surface area contributed by atoms with E-state index in [1.165, 1.54) is 0 Å². The van der Waals surface area contributed by atoms with Gasteiger partial charge in [-0.1, -0.05) is 0 Å². The van der Waals surface area contributed by atoms with Gasteiger partial charge < -0.3 is 5.73 Å². The molecule has 1 aliphatic carbocycles. The highest BCUT2D eigenvalue weighted by Crippen LogP contribution is 2.20.